The summed E-state index contributed by atoms with van der Waals surface area (Å²) in [5.41, 5.74) is 15.5. The summed E-state index contributed by atoms with van der Waals surface area (Å²) in [6.45, 7) is 0. The predicted molar refractivity (Wildman–Crippen MR) is 106 cm³/mol. The van der Waals surface area contributed by atoms with Gasteiger partial charge in [0.1, 0.15) is 11.5 Å². The Balaban J connectivity index is 2.08. The molecule has 0 fully saturated rings. The van der Waals surface area contributed by atoms with Gasteiger partial charge < -0.3 is 20.9 Å². The summed E-state index contributed by atoms with van der Waals surface area (Å²) in [6, 6.07) is 5.73. The number of benzene rings is 1. The highest BCUT2D eigenvalue weighted by Crippen LogP contribution is 2.41. The number of hydrogen-bond donors (Lipinski definition) is 2. The highest BCUT2D eigenvalue weighted by Gasteiger charge is 2.21. The van der Waals surface area contributed by atoms with Crippen LogP contribution in [0.1, 0.15) is 24.8 Å². The number of aliphatic imine (C=N–C) groups is 1. The minimum Gasteiger partial charge on any atom is -0.497 e. The van der Waals surface area contributed by atoms with Gasteiger partial charge in [-0.25, -0.2) is 0 Å². The third-order valence-corrected chi connectivity index (χ3v) is 4.60. The average molecular weight is 365 g/mol. The molecule has 2 aliphatic rings. The molecule has 3 rings (SSSR count). The molecule has 0 saturated heterocycles. The van der Waals surface area contributed by atoms with E-state index in [4.69, 9.17) is 20.9 Å². The van der Waals surface area contributed by atoms with Crippen LogP contribution in [0.3, 0.4) is 0 Å². The fraction of sp³-hybridized carbons (Fsp3) is 0.238. The molecule has 0 heterocycles. The molecular formula is C21H23N3O3. The highest BCUT2D eigenvalue weighted by atomic mass is 16.5. The van der Waals surface area contributed by atoms with Gasteiger partial charge in [0.2, 0.25) is 0 Å². The van der Waals surface area contributed by atoms with E-state index >= 15 is 0 Å². The molecule has 0 unspecified atom stereocenters. The lowest BCUT2D eigenvalue weighted by Crippen LogP contribution is -2.24. The van der Waals surface area contributed by atoms with Crippen molar-refractivity contribution in [1.82, 2.24) is 0 Å². The molecule has 0 atom stereocenters. The summed E-state index contributed by atoms with van der Waals surface area (Å²) < 4.78 is 10.9. The van der Waals surface area contributed by atoms with Gasteiger partial charge in [0.25, 0.3) is 5.91 Å². The van der Waals surface area contributed by atoms with Crippen LogP contribution in [-0.2, 0) is 4.79 Å². The molecule has 0 aliphatic heterocycles. The molecule has 6 heteroatoms. The van der Waals surface area contributed by atoms with Crippen molar-refractivity contribution in [3.05, 3.63) is 64.8 Å². The van der Waals surface area contributed by atoms with Crippen molar-refractivity contribution in [2.75, 3.05) is 14.2 Å². The second-order valence-corrected chi connectivity index (χ2v) is 6.29. The Kier molecular flexibility index (Phi) is 5.45. The maximum Gasteiger partial charge on any atom is 0.280 e. The van der Waals surface area contributed by atoms with E-state index in [1.807, 2.05) is 30.4 Å². The Bertz CT molecular complexity index is 917. The first-order chi connectivity index (χ1) is 13.0. The summed E-state index contributed by atoms with van der Waals surface area (Å²) in [5, 5.41) is 0. The van der Waals surface area contributed by atoms with Gasteiger partial charge in [-0.1, -0.05) is 23.8 Å². The van der Waals surface area contributed by atoms with Crippen LogP contribution >= 0.6 is 0 Å². The molecule has 1 aromatic rings. The smallest absolute Gasteiger partial charge is 0.280 e. The normalized spacial score (nSPS) is 15.9. The molecule has 0 saturated carbocycles. The van der Waals surface area contributed by atoms with E-state index in [1.165, 1.54) is 5.57 Å². The van der Waals surface area contributed by atoms with E-state index in [1.54, 1.807) is 20.3 Å². The molecule has 1 aromatic carbocycles. The van der Waals surface area contributed by atoms with E-state index in [9.17, 15) is 4.79 Å². The van der Waals surface area contributed by atoms with Crippen LogP contribution < -0.4 is 20.9 Å². The number of nitrogens with two attached hydrogens (primary N) is 2. The molecule has 140 valence electrons. The zero-order valence-corrected chi connectivity index (χ0v) is 15.5. The first-order valence-corrected chi connectivity index (χ1v) is 8.70. The van der Waals surface area contributed by atoms with Crippen molar-refractivity contribution in [2.45, 2.75) is 19.3 Å². The van der Waals surface area contributed by atoms with Crippen LogP contribution in [0.4, 0.5) is 0 Å². The Morgan fingerprint density at radius 1 is 1.19 bits per heavy atom. The highest BCUT2D eigenvalue weighted by molar-refractivity contribution is 6.04. The number of carbonyl (C=O) groups is 1. The van der Waals surface area contributed by atoms with Gasteiger partial charge in [-0.3, -0.25) is 4.79 Å². The summed E-state index contributed by atoms with van der Waals surface area (Å²) in [7, 11) is 3.26. The van der Waals surface area contributed by atoms with Gasteiger partial charge in [-0.15, -0.1) is 0 Å². The fourth-order valence-electron chi connectivity index (χ4n) is 3.34. The van der Waals surface area contributed by atoms with Gasteiger partial charge >= 0.3 is 0 Å². The van der Waals surface area contributed by atoms with E-state index in [0.29, 0.717) is 5.57 Å². The van der Waals surface area contributed by atoms with Crippen molar-refractivity contribution in [1.29, 1.82) is 0 Å². The third kappa shape index (κ3) is 3.95. The topological polar surface area (TPSA) is 99.9 Å². The minimum atomic E-state index is -0.452. The molecule has 1 amide bonds. The number of carbonyl (C=O) groups excluding carboxylic acids is 1. The molecule has 0 aromatic heterocycles. The summed E-state index contributed by atoms with van der Waals surface area (Å²) in [4.78, 5) is 16.0. The number of nitrogens with zero attached hydrogens (tertiary/aromatic N) is 1. The van der Waals surface area contributed by atoms with Gasteiger partial charge in [-0.05, 0) is 48.6 Å². The van der Waals surface area contributed by atoms with Crippen LogP contribution in [0.2, 0.25) is 0 Å². The van der Waals surface area contributed by atoms with Crippen LogP contribution in [0.5, 0.6) is 11.5 Å². The summed E-state index contributed by atoms with van der Waals surface area (Å²) in [6.07, 6.45) is 10.4. The SMILES string of the molecule is COc1ccc(C2=CCCC3=C2C=C(C(=O)N=C(N)N)C=CC3)c(OC)c1. The average Bonchev–Trinajstić information content (AvgIpc) is 2.89. The molecule has 6 nitrogen and oxygen atoms in total. The van der Waals surface area contributed by atoms with E-state index < -0.39 is 5.91 Å². The van der Waals surface area contributed by atoms with E-state index in [2.05, 4.69) is 11.1 Å². The number of guanidine groups is 1. The molecular weight excluding hydrogens is 342 g/mol. The van der Waals surface area contributed by atoms with Crippen molar-refractivity contribution in [3.63, 3.8) is 0 Å². The predicted octanol–water partition coefficient (Wildman–Crippen LogP) is 2.86. The monoisotopic (exact) mass is 365 g/mol. The van der Waals surface area contributed by atoms with Crippen molar-refractivity contribution >= 4 is 17.4 Å². The van der Waals surface area contributed by atoms with E-state index in [-0.39, 0.29) is 5.96 Å². The summed E-state index contributed by atoms with van der Waals surface area (Å²) in [5.74, 6) is 0.746. The third-order valence-electron chi connectivity index (χ3n) is 4.60. The van der Waals surface area contributed by atoms with Crippen molar-refractivity contribution in [2.24, 2.45) is 16.5 Å². The number of methoxy groups -OCH3 is 2. The Labute approximate surface area is 158 Å². The van der Waals surface area contributed by atoms with Crippen LogP contribution in [-0.4, -0.2) is 26.1 Å². The van der Waals surface area contributed by atoms with Gasteiger partial charge in [0.05, 0.1) is 14.2 Å². The number of amides is 1. The zero-order valence-electron chi connectivity index (χ0n) is 15.5. The van der Waals surface area contributed by atoms with E-state index in [0.717, 1.165) is 47.5 Å². The lowest BCUT2D eigenvalue weighted by atomic mass is 9.85. The first-order valence-electron chi connectivity index (χ1n) is 8.70. The maximum atomic E-state index is 12.3. The Morgan fingerprint density at radius 3 is 2.70 bits per heavy atom. The lowest BCUT2D eigenvalue weighted by Gasteiger charge is -2.21. The Hall–Kier alpha value is -3.28. The van der Waals surface area contributed by atoms with Gasteiger partial charge in [0.15, 0.2) is 5.96 Å². The zero-order chi connectivity index (χ0) is 19.4. The van der Waals surface area contributed by atoms with Gasteiger partial charge in [-0.2, -0.15) is 4.99 Å². The number of rotatable bonds is 4. The Morgan fingerprint density at radius 2 is 2.00 bits per heavy atom. The molecule has 0 radical (unpaired) electrons. The van der Waals surface area contributed by atoms with Crippen LogP contribution in [0.25, 0.3) is 5.57 Å². The number of ether oxygens (including phenoxy) is 2. The minimum absolute atomic E-state index is 0.246. The quantitative estimate of drug-likeness (QED) is 0.631. The van der Waals surface area contributed by atoms with Crippen LogP contribution in [0.15, 0.2) is 64.2 Å². The second-order valence-electron chi connectivity index (χ2n) is 6.29. The van der Waals surface area contributed by atoms with Crippen LogP contribution in [0, 0.1) is 0 Å². The molecule has 0 spiro atoms. The fourth-order valence-corrected chi connectivity index (χ4v) is 3.34. The standard InChI is InChI=1S/C21H23N3O3/c1-26-15-9-10-17(19(12-15)27-2)16-8-4-6-13-5-3-7-14(11-18(13)16)20(25)24-21(22)23/h3,7-12H,4-6H2,1-2H3,(H4,22,23,24,25). The van der Waals surface area contributed by atoms with Crippen molar-refractivity contribution < 1.29 is 14.3 Å². The maximum absolute atomic E-state index is 12.3. The number of allylic oxidation sites excluding steroid dienone is 6. The molecule has 27 heavy (non-hydrogen) atoms. The molecule has 4 N–H and O–H groups in total. The molecule has 2 aliphatic carbocycles. The second kappa shape index (κ2) is 7.95. The van der Waals surface area contributed by atoms with Crippen molar-refractivity contribution in [3.8, 4) is 11.5 Å². The van der Waals surface area contributed by atoms with Gasteiger partial charge in [0, 0.05) is 17.2 Å². The largest absolute Gasteiger partial charge is 0.497 e. The molecule has 0 bridgehead atoms. The summed E-state index contributed by atoms with van der Waals surface area (Å²) >= 11 is 0. The number of hydrogen-bond acceptors (Lipinski definition) is 3. The first kappa shape index (κ1) is 18.5. The lowest BCUT2D eigenvalue weighted by molar-refractivity contribution is -0.114.